The van der Waals surface area contributed by atoms with Crippen molar-refractivity contribution in [2.75, 3.05) is 0 Å². The molecule has 3 aromatic heterocycles. The van der Waals surface area contributed by atoms with Crippen LogP contribution in [0.15, 0.2) is 161 Å². The molecule has 3 heterocycles. The molecule has 0 aliphatic carbocycles. The maximum atomic E-state index is 6.34. The monoisotopic (exact) mass is 563 g/mol. The number of fused-ring (bicyclic) bond motifs is 6. The molecule has 6 aromatic carbocycles. The van der Waals surface area contributed by atoms with E-state index in [-0.39, 0.29) is 0 Å². The fraction of sp³-hybridized carbons (Fsp3) is 0. The van der Waals surface area contributed by atoms with Crippen LogP contribution in [0.2, 0.25) is 0 Å². The first kappa shape index (κ1) is 24.6. The lowest BCUT2D eigenvalue weighted by Gasteiger charge is -2.10. The molecule has 0 unspecified atom stereocenters. The van der Waals surface area contributed by atoms with E-state index >= 15 is 0 Å². The third-order valence-electron chi connectivity index (χ3n) is 8.54. The van der Waals surface area contributed by atoms with E-state index in [1.807, 2.05) is 30.5 Å². The van der Waals surface area contributed by atoms with Crippen molar-refractivity contribution in [1.82, 2.24) is 4.98 Å². The molecular weight excluding hydrogens is 538 g/mol. The van der Waals surface area contributed by atoms with Crippen molar-refractivity contribution in [3.05, 3.63) is 152 Å². The van der Waals surface area contributed by atoms with Gasteiger partial charge in [-0.15, -0.1) is 0 Å². The zero-order valence-corrected chi connectivity index (χ0v) is 23.7. The highest BCUT2D eigenvalue weighted by molar-refractivity contribution is 6.10. The molecule has 9 rings (SSSR count). The summed E-state index contributed by atoms with van der Waals surface area (Å²) >= 11 is 0. The minimum atomic E-state index is 0.902. The highest BCUT2D eigenvalue weighted by Gasteiger charge is 2.14. The van der Waals surface area contributed by atoms with Gasteiger partial charge >= 0.3 is 0 Å². The standard InChI is InChI=1S/C41H25NO2/c1-3-19-38-33(13-1)35-17-7-15-31(40(35)43-38)28-10-5-9-26(23-28)27-21-22-42-37(25-27)30-12-6-11-29(24-30)32-16-8-18-36-34-14-2-4-20-39(34)44-41(32)36/h1-25H. The summed E-state index contributed by atoms with van der Waals surface area (Å²) in [5.74, 6) is 0. The van der Waals surface area contributed by atoms with Crippen molar-refractivity contribution >= 4 is 43.9 Å². The molecule has 9 aromatic rings. The Morgan fingerprint density at radius 3 is 1.48 bits per heavy atom. The minimum Gasteiger partial charge on any atom is -0.455 e. The van der Waals surface area contributed by atoms with Gasteiger partial charge in [0.25, 0.3) is 0 Å². The zero-order chi connectivity index (χ0) is 29.0. The number of furan rings is 2. The molecule has 0 saturated heterocycles. The van der Waals surface area contributed by atoms with Crippen molar-refractivity contribution in [2.45, 2.75) is 0 Å². The van der Waals surface area contributed by atoms with Crippen LogP contribution < -0.4 is 0 Å². The Morgan fingerprint density at radius 2 is 0.841 bits per heavy atom. The smallest absolute Gasteiger partial charge is 0.143 e. The van der Waals surface area contributed by atoms with E-state index < -0.39 is 0 Å². The highest BCUT2D eigenvalue weighted by Crippen LogP contribution is 2.39. The molecule has 0 aliphatic rings. The van der Waals surface area contributed by atoms with Crippen molar-refractivity contribution in [2.24, 2.45) is 0 Å². The van der Waals surface area contributed by atoms with Crippen LogP contribution in [0.1, 0.15) is 0 Å². The maximum Gasteiger partial charge on any atom is 0.143 e. The SMILES string of the molecule is c1cc(-c2ccnc(-c3cccc(-c4cccc5c4oc4ccccc45)c3)c2)cc(-c2cccc3c2oc2ccccc23)c1. The summed E-state index contributed by atoms with van der Waals surface area (Å²) in [5.41, 5.74) is 12.2. The second kappa shape index (κ2) is 9.82. The van der Waals surface area contributed by atoms with Crippen LogP contribution in [0.3, 0.4) is 0 Å². The van der Waals surface area contributed by atoms with E-state index in [0.29, 0.717) is 0 Å². The third kappa shape index (κ3) is 3.94. The van der Waals surface area contributed by atoms with Gasteiger partial charge in [-0.05, 0) is 58.7 Å². The van der Waals surface area contributed by atoms with E-state index in [1.165, 1.54) is 0 Å². The van der Waals surface area contributed by atoms with Gasteiger partial charge in [-0.25, -0.2) is 0 Å². The third-order valence-corrected chi connectivity index (χ3v) is 8.54. The quantitative estimate of drug-likeness (QED) is 0.214. The number of hydrogen-bond donors (Lipinski definition) is 0. The van der Waals surface area contributed by atoms with Crippen LogP contribution >= 0.6 is 0 Å². The van der Waals surface area contributed by atoms with Crippen LogP contribution in [-0.2, 0) is 0 Å². The van der Waals surface area contributed by atoms with Crippen LogP contribution in [-0.4, -0.2) is 4.98 Å². The van der Waals surface area contributed by atoms with E-state index in [0.717, 1.165) is 88.5 Å². The summed E-state index contributed by atoms with van der Waals surface area (Å²) in [7, 11) is 0. The van der Waals surface area contributed by atoms with Crippen LogP contribution in [0.4, 0.5) is 0 Å². The molecular formula is C41H25NO2. The van der Waals surface area contributed by atoms with Crippen molar-refractivity contribution in [3.8, 4) is 44.6 Å². The molecule has 0 bridgehead atoms. The Labute approximate surface area is 253 Å². The predicted octanol–water partition coefficient (Wildman–Crippen LogP) is 11.5. The molecule has 206 valence electrons. The van der Waals surface area contributed by atoms with Crippen molar-refractivity contribution in [3.63, 3.8) is 0 Å². The van der Waals surface area contributed by atoms with Gasteiger partial charge in [0.2, 0.25) is 0 Å². The fourth-order valence-electron chi connectivity index (χ4n) is 6.43. The Balaban J connectivity index is 1.11. The van der Waals surface area contributed by atoms with E-state index in [2.05, 4.69) is 121 Å². The Hall–Kier alpha value is -5.93. The number of para-hydroxylation sites is 4. The fourth-order valence-corrected chi connectivity index (χ4v) is 6.43. The summed E-state index contributed by atoms with van der Waals surface area (Å²) in [6.45, 7) is 0. The van der Waals surface area contributed by atoms with Crippen LogP contribution in [0.25, 0.3) is 88.5 Å². The number of rotatable bonds is 4. The molecule has 0 amide bonds. The minimum absolute atomic E-state index is 0.902. The molecule has 0 aliphatic heterocycles. The number of pyridine rings is 1. The number of aromatic nitrogens is 1. The average Bonchev–Trinajstić information content (AvgIpc) is 3.67. The summed E-state index contributed by atoms with van der Waals surface area (Å²) < 4.78 is 12.7. The lowest BCUT2D eigenvalue weighted by Crippen LogP contribution is -1.88. The number of hydrogen-bond acceptors (Lipinski definition) is 3. The van der Waals surface area contributed by atoms with Crippen molar-refractivity contribution in [1.29, 1.82) is 0 Å². The molecule has 0 N–H and O–H groups in total. The lowest BCUT2D eigenvalue weighted by molar-refractivity contribution is 0.669. The second-order valence-corrected chi connectivity index (χ2v) is 11.2. The van der Waals surface area contributed by atoms with E-state index in [1.54, 1.807) is 0 Å². The Bertz CT molecular complexity index is 2340. The topological polar surface area (TPSA) is 39.2 Å². The van der Waals surface area contributed by atoms with Crippen LogP contribution in [0.5, 0.6) is 0 Å². The summed E-state index contributed by atoms with van der Waals surface area (Å²) in [6, 6.07) is 50.6. The number of benzene rings is 6. The molecule has 44 heavy (non-hydrogen) atoms. The van der Waals surface area contributed by atoms with Gasteiger partial charge in [0.1, 0.15) is 22.3 Å². The lowest BCUT2D eigenvalue weighted by atomic mass is 9.96. The van der Waals surface area contributed by atoms with Gasteiger partial charge in [0.15, 0.2) is 0 Å². The average molecular weight is 564 g/mol. The number of nitrogens with zero attached hydrogens (tertiary/aromatic N) is 1. The first-order chi connectivity index (χ1) is 21.8. The molecule has 3 nitrogen and oxygen atoms in total. The Kier molecular flexibility index (Phi) is 5.50. The summed E-state index contributed by atoms with van der Waals surface area (Å²) in [6.07, 6.45) is 1.89. The molecule has 0 radical (unpaired) electrons. The van der Waals surface area contributed by atoms with Gasteiger partial charge in [0, 0.05) is 44.4 Å². The first-order valence-electron chi connectivity index (χ1n) is 14.8. The summed E-state index contributed by atoms with van der Waals surface area (Å²) in [5, 5.41) is 4.53. The van der Waals surface area contributed by atoms with Crippen LogP contribution in [0, 0.1) is 0 Å². The van der Waals surface area contributed by atoms with Gasteiger partial charge < -0.3 is 8.83 Å². The molecule has 0 fully saturated rings. The predicted molar refractivity (Wildman–Crippen MR) is 181 cm³/mol. The first-order valence-corrected chi connectivity index (χ1v) is 14.8. The summed E-state index contributed by atoms with van der Waals surface area (Å²) in [4.78, 5) is 4.77. The molecule has 0 saturated carbocycles. The van der Waals surface area contributed by atoms with Gasteiger partial charge in [-0.3, -0.25) is 4.98 Å². The zero-order valence-electron chi connectivity index (χ0n) is 23.7. The van der Waals surface area contributed by atoms with E-state index in [9.17, 15) is 0 Å². The molecule has 0 atom stereocenters. The van der Waals surface area contributed by atoms with Crippen molar-refractivity contribution < 1.29 is 8.83 Å². The molecule has 0 spiro atoms. The van der Waals surface area contributed by atoms with E-state index in [4.69, 9.17) is 13.8 Å². The second-order valence-electron chi connectivity index (χ2n) is 11.2. The van der Waals surface area contributed by atoms with Gasteiger partial charge in [-0.2, -0.15) is 0 Å². The Morgan fingerprint density at radius 1 is 0.364 bits per heavy atom. The maximum absolute atomic E-state index is 6.34. The largest absolute Gasteiger partial charge is 0.455 e. The van der Waals surface area contributed by atoms with Gasteiger partial charge in [0.05, 0.1) is 5.69 Å². The normalized spacial score (nSPS) is 11.6. The van der Waals surface area contributed by atoms with Gasteiger partial charge in [-0.1, -0.05) is 109 Å². The molecule has 3 heteroatoms. The highest BCUT2D eigenvalue weighted by atomic mass is 16.3.